The molecule has 0 aliphatic heterocycles. The predicted molar refractivity (Wildman–Crippen MR) is 45.7 cm³/mol. The van der Waals surface area contributed by atoms with Crippen molar-refractivity contribution in [3.8, 4) is 0 Å². The van der Waals surface area contributed by atoms with E-state index in [0.717, 1.165) is 12.4 Å². The van der Waals surface area contributed by atoms with Crippen molar-refractivity contribution in [1.29, 1.82) is 0 Å². The van der Waals surface area contributed by atoms with Crippen molar-refractivity contribution in [2.45, 2.75) is 13.8 Å². The molecule has 0 bridgehead atoms. The number of carboxylic acid groups (broad SMARTS) is 1. The average Bonchev–Trinajstić information content (AvgIpc) is 2.21. The van der Waals surface area contributed by atoms with Crippen molar-refractivity contribution in [3.63, 3.8) is 0 Å². The van der Waals surface area contributed by atoms with Crippen LogP contribution in [0.25, 0.3) is 0 Å². The molecule has 0 aromatic carbocycles. The molecule has 0 aliphatic carbocycles. The second-order valence-electron chi connectivity index (χ2n) is 1.75. The minimum Gasteiger partial charge on any atom is -0.478 e. The van der Waals surface area contributed by atoms with Gasteiger partial charge in [-0.05, 0) is 0 Å². The molecular formula is C8H10N2O3. The van der Waals surface area contributed by atoms with Crippen molar-refractivity contribution in [1.82, 2.24) is 9.97 Å². The summed E-state index contributed by atoms with van der Waals surface area (Å²) in [5.41, 5.74) is -0.0319. The van der Waals surface area contributed by atoms with Gasteiger partial charge in [0.2, 0.25) is 0 Å². The zero-order valence-corrected chi connectivity index (χ0v) is 7.39. The van der Waals surface area contributed by atoms with Crippen LogP contribution in [0.1, 0.15) is 34.8 Å². The number of rotatable bonds is 2. The number of hydrogen-bond acceptors (Lipinski definition) is 4. The molecule has 1 aromatic rings. The Bertz CT molecular complexity index is 282. The molecule has 1 rings (SSSR count). The van der Waals surface area contributed by atoms with Gasteiger partial charge in [0.1, 0.15) is 0 Å². The lowest BCUT2D eigenvalue weighted by Gasteiger charge is -1.90. The largest absolute Gasteiger partial charge is 0.478 e. The van der Waals surface area contributed by atoms with Crippen molar-refractivity contribution >= 4 is 12.3 Å². The Morgan fingerprint density at radius 1 is 1.38 bits per heavy atom. The maximum Gasteiger partial charge on any atom is 0.338 e. The Hall–Kier alpha value is -1.78. The van der Waals surface area contributed by atoms with E-state index >= 15 is 0 Å². The second-order valence-corrected chi connectivity index (χ2v) is 1.75. The molecule has 0 saturated heterocycles. The zero-order chi connectivity index (χ0) is 10.3. The van der Waals surface area contributed by atoms with E-state index in [1.165, 1.54) is 0 Å². The summed E-state index contributed by atoms with van der Waals surface area (Å²) in [5, 5.41) is 8.38. The highest BCUT2D eigenvalue weighted by Gasteiger charge is 2.02. The molecule has 1 N–H and O–H groups in total. The number of carboxylic acids is 1. The zero-order valence-electron chi connectivity index (χ0n) is 7.39. The second kappa shape index (κ2) is 5.82. The lowest BCUT2D eigenvalue weighted by atomic mass is 10.3. The highest BCUT2D eigenvalue weighted by molar-refractivity contribution is 5.87. The fourth-order valence-electron chi connectivity index (χ4n) is 0.509. The van der Waals surface area contributed by atoms with E-state index in [1.54, 1.807) is 0 Å². The SMILES string of the molecule is CC.O=Cc1ncc(C(=O)O)cn1. The summed E-state index contributed by atoms with van der Waals surface area (Å²) in [4.78, 5) is 27.2. The Morgan fingerprint density at radius 3 is 2.15 bits per heavy atom. The van der Waals surface area contributed by atoms with Gasteiger partial charge in [-0.3, -0.25) is 4.79 Å². The van der Waals surface area contributed by atoms with Gasteiger partial charge in [-0.1, -0.05) is 13.8 Å². The summed E-state index contributed by atoms with van der Waals surface area (Å²) >= 11 is 0. The van der Waals surface area contributed by atoms with Crippen LogP contribution < -0.4 is 0 Å². The van der Waals surface area contributed by atoms with Gasteiger partial charge in [-0.25, -0.2) is 14.8 Å². The maximum absolute atomic E-state index is 10.2. The highest BCUT2D eigenvalue weighted by Crippen LogP contribution is 1.93. The number of carbonyl (C=O) groups is 2. The third kappa shape index (κ3) is 3.42. The molecule has 13 heavy (non-hydrogen) atoms. The first kappa shape index (κ1) is 11.2. The topological polar surface area (TPSA) is 80.2 Å². The van der Waals surface area contributed by atoms with Gasteiger partial charge >= 0.3 is 5.97 Å². The Labute approximate surface area is 75.5 Å². The number of nitrogens with zero attached hydrogens (tertiary/aromatic N) is 2. The molecule has 5 nitrogen and oxygen atoms in total. The lowest BCUT2D eigenvalue weighted by Crippen LogP contribution is -2.00. The van der Waals surface area contributed by atoms with Crippen molar-refractivity contribution in [3.05, 3.63) is 23.8 Å². The number of carbonyl (C=O) groups excluding carboxylic acids is 1. The van der Waals surface area contributed by atoms with E-state index in [0.29, 0.717) is 6.29 Å². The van der Waals surface area contributed by atoms with Gasteiger partial charge in [0.25, 0.3) is 0 Å². The highest BCUT2D eigenvalue weighted by atomic mass is 16.4. The number of aldehydes is 1. The molecular weight excluding hydrogens is 172 g/mol. The van der Waals surface area contributed by atoms with E-state index in [9.17, 15) is 9.59 Å². The summed E-state index contributed by atoms with van der Waals surface area (Å²) in [7, 11) is 0. The van der Waals surface area contributed by atoms with Crippen LogP contribution in [0.3, 0.4) is 0 Å². The molecule has 70 valence electrons. The van der Waals surface area contributed by atoms with Crippen LogP contribution in [0.15, 0.2) is 12.4 Å². The van der Waals surface area contributed by atoms with E-state index in [4.69, 9.17) is 5.11 Å². The van der Waals surface area contributed by atoms with Crippen LogP contribution in [0, 0.1) is 0 Å². The standard InChI is InChI=1S/C6H4N2O3.C2H6/c9-3-5-7-1-4(2-8-5)6(10)11;1-2/h1-3H,(H,10,11);1-2H3. The number of aromatic nitrogens is 2. The smallest absolute Gasteiger partial charge is 0.338 e. The quantitative estimate of drug-likeness (QED) is 0.690. The van der Waals surface area contributed by atoms with E-state index in [1.807, 2.05) is 13.8 Å². The molecule has 0 saturated carbocycles. The van der Waals surface area contributed by atoms with Crippen LogP contribution in [-0.2, 0) is 0 Å². The van der Waals surface area contributed by atoms with Crippen LogP contribution in [-0.4, -0.2) is 27.3 Å². The maximum atomic E-state index is 10.2. The third-order valence-corrected chi connectivity index (χ3v) is 1.02. The van der Waals surface area contributed by atoms with Gasteiger partial charge < -0.3 is 5.11 Å². The fourth-order valence-corrected chi connectivity index (χ4v) is 0.509. The summed E-state index contributed by atoms with van der Waals surface area (Å²) in [5.74, 6) is -1.13. The van der Waals surface area contributed by atoms with Gasteiger partial charge in [0, 0.05) is 12.4 Å². The minimum atomic E-state index is -1.11. The minimum absolute atomic E-state index is 0.0185. The van der Waals surface area contributed by atoms with E-state index in [-0.39, 0.29) is 11.4 Å². The van der Waals surface area contributed by atoms with Crippen molar-refractivity contribution < 1.29 is 14.7 Å². The predicted octanol–water partition coefficient (Wildman–Crippen LogP) is 1.01. The summed E-state index contributed by atoms with van der Waals surface area (Å²) in [6, 6.07) is 0. The summed E-state index contributed by atoms with van der Waals surface area (Å²) in [6.45, 7) is 4.00. The average molecular weight is 182 g/mol. The van der Waals surface area contributed by atoms with Crippen LogP contribution in [0.4, 0.5) is 0 Å². The Kier molecular flexibility index (Phi) is 5.02. The molecule has 0 fully saturated rings. The lowest BCUT2D eigenvalue weighted by molar-refractivity contribution is 0.0695. The monoisotopic (exact) mass is 182 g/mol. The first-order valence-electron chi connectivity index (χ1n) is 3.74. The molecule has 0 atom stereocenters. The van der Waals surface area contributed by atoms with Crippen LogP contribution in [0.5, 0.6) is 0 Å². The van der Waals surface area contributed by atoms with Crippen molar-refractivity contribution in [2.24, 2.45) is 0 Å². The van der Waals surface area contributed by atoms with Gasteiger partial charge in [0.15, 0.2) is 12.1 Å². The third-order valence-electron chi connectivity index (χ3n) is 1.02. The molecule has 0 spiro atoms. The van der Waals surface area contributed by atoms with Crippen molar-refractivity contribution in [2.75, 3.05) is 0 Å². The Morgan fingerprint density at radius 2 is 1.85 bits per heavy atom. The molecule has 0 amide bonds. The Balaban J connectivity index is 0.000000671. The first-order valence-corrected chi connectivity index (χ1v) is 3.74. The van der Waals surface area contributed by atoms with Crippen LogP contribution in [0.2, 0.25) is 0 Å². The number of aromatic carboxylic acids is 1. The molecule has 1 aromatic heterocycles. The van der Waals surface area contributed by atoms with Gasteiger partial charge in [-0.15, -0.1) is 0 Å². The van der Waals surface area contributed by atoms with E-state index < -0.39 is 5.97 Å². The van der Waals surface area contributed by atoms with Gasteiger partial charge in [-0.2, -0.15) is 0 Å². The molecule has 5 heteroatoms. The van der Waals surface area contributed by atoms with Gasteiger partial charge in [0.05, 0.1) is 5.56 Å². The molecule has 0 radical (unpaired) electrons. The molecule has 0 unspecified atom stereocenters. The van der Waals surface area contributed by atoms with Crippen LogP contribution >= 0.6 is 0 Å². The molecule has 0 aliphatic rings. The summed E-state index contributed by atoms with van der Waals surface area (Å²) in [6.07, 6.45) is 2.61. The summed E-state index contributed by atoms with van der Waals surface area (Å²) < 4.78 is 0. The van der Waals surface area contributed by atoms with E-state index in [2.05, 4.69) is 9.97 Å². The fraction of sp³-hybridized carbons (Fsp3) is 0.250. The number of hydrogen-bond donors (Lipinski definition) is 1. The first-order chi connectivity index (χ1) is 6.24. The molecule has 1 heterocycles. The normalized spacial score (nSPS) is 8.15.